The molecule has 0 aliphatic rings. The highest BCUT2D eigenvalue weighted by Crippen LogP contribution is 2.14. The van der Waals surface area contributed by atoms with Crippen molar-refractivity contribution in [2.45, 2.75) is 13.0 Å². The molecule has 0 bridgehead atoms. The number of esters is 1. The van der Waals surface area contributed by atoms with Crippen LogP contribution >= 0.6 is 22.9 Å². The zero-order valence-electron chi connectivity index (χ0n) is 13.7. The highest BCUT2D eigenvalue weighted by molar-refractivity contribution is 7.12. The summed E-state index contributed by atoms with van der Waals surface area (Å²) >= 11 is 7.09. The third kappa shape index (κ3) is 5.40. The van der Waals surface area contributed by atoms with Crippen LogP contribution in [0.3, 0.4) is 0 Å². The number of hydrogen-bond donors (Lipinski definition) is 2. The molecule has 2 N–H and O–H groups in total. The van der Waals surface area contributed by atoms with Gasteiger partial charge in [-0.15, -0.1) is 11.3 Å². The van der Waals surface area contributed by atoms with Gasteiger partial charge in [-0.3, -0.25) is 19.7 Å². The molecular weight excluding hydrogens is 380 g/mol. The third-order valence-electron chi connectivity index (χ3n) is 3.16. The normalized spacial score (nSPS) is 11.3. The Balaban J connectivity index is 1.80. The van der Waals surface area contributed by atoms with Crippen LogP contribution < -0.4 is 10.6 Å². The average molecular weight is 395 g/mol. The van der Waals surface area contributed by atoms with E-state index >= 15 is 0 Å². The van der Waals surface area contributed by atoms with E-state index in [1.165, 1.54) is 24.3 Å². The maximum Gasteiger partial charge on any atom is 0.328 e. The first-order valence-electron chi connectivity index (χ1n) is 7.48. The Morgan fingerprint density at radius 1 is 1.12 bits per heavy atom. The van der Waals surface area contributed by atoms with E-state index in [4.69, 9.17) is 16.3 Å². The van der Waals surface area contributed by atoms with Crippen LogP contribution in [0.25, 0.3) is 0 Å². The van der Waals surface area contributed by atoms with E-state index in [1.807, 2.05) is 0 Å². The Hall–Kier alpha value is -2.71. The van der Waals surface area contributed by atoms with E-state index in [1.54, 1.807) is 35.7 Å². The standard InChI is InChI=1S/C17H15ClN2O5S/c1-10(19-15(22)11-5-2-3-6-12(11)18)17(24)25-9-14(21)20-16(23)13-7-4-8-26-13/h2-8,10H,9H2,1H3,(H,19,22)(H,20,21,23)/t10-/m0/s1. The number of imide groups is 1. The minimum absolute atomic E-state index is 0.216. The van der Waals surface area contributed by atoms with Gasteiger partial charge in [0.1, 0.15) is 6.04 Å². The van der Waals surface area contributed by atoms with Crippen molar-refractivity contribution in [1.29, 1.82) is 0 Å². The maximum atomic E-state index is 12.1. The van der Waals surface area contributed by atoms with Gasteiger partial charge in [-0.1, -0.05) is 29.8 Å². The quantitative estimate of drug-likeness (QED) is 0.730. The van der Waals surface area contributed by atoms with E-state index in [-0.39, 0.29) is 10.6 Å². The molecule has 26 heavy (non-hydrogen) atoms. The third-order valence-corrected chi connectivity index (χ3v) is 4.36. The molecule has 1 aromatic heterocycles. The Bertz CT molecular complexity index is 822. The van der Waals surface area contributed by atoms with Crippen LogP contribution in [0.4, 0.5) is 0 Å². The first-order chi connectivity index (χ1) is 12.4. The molecule has 2 aromatic rings. The topological polar surface area (TPSA) is 102 Å². The molecule has 0 saturated carbocycles. The second kappa shape index (κ2) is 9.12. The van der Waals surface area contributed by atoms with Gasteiger partial charge in [0, 0.05) is 0 Å². The number of benzene rings is 1. The molecule has 3 amide bonds. The number of nitrogens with one attached hydrogen (secondary N) is 2. The molecule has 0 aliphatic carbocycles. The van der Waals surface area contributed by atoms with Crippen molar-refractivity contribution in [2.75, 3.05) is 6.61 Å². The van der Waals surface area contributed by atoms with Crippen LogP contribution in [0.5, 0.6) is 0 Å². The van der Waals surface area contributed by atoms with Gasteiger partial charge in [-0.25, -0.2) is 4.79 Å². The highest BCUT2D eigenvalue weighted by atomic mass is 35.5. The molecule has 136 valence electrons. The summed E-state index contributed by atoms with van der Waals surface area (Å²) < 4.78 is 4.80. The minimum atomic E-state index is -1.00. The second-order valence-corrected chi connectivity index (χ2v) is 6.49. The number of carbonyl (C=O) groups excluding carboxylic acids is 4. The van der Waals surface area contributed by atoms with E-state index in [9.17, 15) is 19.2 Å². The van der Waals surface area contributed by atoms with E-state index in [0.717, 1.165) is 0 Å². The van der Waals surface area contributed by atoms with Gasteiger partial charge in [0.2, 0.25) is 0 Å². The molecule has 0 fully saturated rings. The van der Waals surface area contributed by atoms with Gasteiger partial charge in [-0.05, 0) is 30.5 Å². The van der Waals surface area contributed by atoms with E-state index in [2.05, 4.69) is 10.6 Å². The van der Waals surface area contributed by atoms with Crippen molar-refractivity contribution >= 4 is 46.6 Å². The van der Waals surface area contributed by atoms with Gasteiger partial charge in [-0.2, -0.15) is 0 Å². The summed E-state index contributed by atoms with van der Waals surface area (Å²) in [5.41, 5.74) is 0.216. The maximum absolute atomic E-state index is 12.1. The zero-order chi connectivity index (χ0) is 19.1. The molecule has 0 spiro atoms. The number of halogens is 1. The van der Waals surface area contributed by atoms with E-state index < -0.39 is 36.3 Å². The first kappa shape index (κ1) is 19.6. The smallest absolute Gasteiger partial charge is 0.328 e. The molecule has 0 radical (unpaired) electrons. The van der Waals surface area contributed by atoms with Crippen LogP contribution in [0.1, 0.15) is 27.0 Å². The summed E-state index contributed by atoms with van der Waals surface area (Å²) in [6.45, 7) is 0.772. The number of amides is 3. The molecule has 0 aliphatic heterocycles. The SMILES string of the molecule is C[C@H](NC(=O)c1ccccc1Cl)C(=O)OCC(=O)NC(=O)c1cccs1. The van der Waals surface area contributed by atoms with Crippen LogP contribution in [0.2, 0.25) is 5.02 Å². The van der Waals surface area contributed by atoms with Gasteiger partial charge in [0.05, 0.1) is 15.5 Å². The molecule has 1 atom stereocenters. The number of rotatable bonds is 6. The average Bonchev–Trinajstić information content (AvgIpc) is 3.14. The molecule has 1 heterocycles. The summed E-state index contributed by atoms with van der Waals surface area (Å²) in [7, 11) is 0. The lowest BCUT2D eigenvalue weighted by atomic mass is 10.2. The van der Waals surface area contributed by atoms with Crippen molar-refractivity contribution in [1.82, 2.24) is 10.6 Å². The van der Waals surface area contributed by atoms with E-state index in [0.29, 0.717) is 4.88 Å². The molecule has 2 rings (SSSR count). The van der Waals surface area contributed by atoms with Crippen molar-refractivity contribution in [3.63, 3.8) is 0 Å². The molecule has 7 nitrogen and oxygen atoms in total. The van der Waals surface area contributed by atoms with Crippen molar-refractivity contribution in [2.24, 2.45) is 0 Å². The first-order valence-corrected chi connectivity index (χ1v) is 8.74. The molecule has 0 saturated heterocycles. The monoisotopic (exact) mass is 394 g/mol. The number of carbonyl (C=O) groups is 4. The summed E-state index contributed by atoms with van der Waals surface area (Å²) in [6, 6.07) is 8.61. The number of thiophene rings is 1. The number of hydrogen-bond acceptors (Lipinski definition) is 6. The van der Waals surface area contributed by atoms with Crippen molar-refractivity contribution < 1.29 is 23.9 Å². The summed E-state index contributed by atoms with van der Waals surface area (Å²) in [4.78, 5) is 47.7. The molecule has 9 heteroatoms. The lowest BCUT2D eigenvalue weighted by molar-refractivity contribution is -0.149. The fraction of sp³-hybridized carbons (Fsp3) is 0.176. The van der Waals surface area contributed by atoms with Gasteiger partial charge >= 0.3 is 5.97 Å². The highest BCUT2D eigenvalue weighted by Gasteiger charge is 2.21. The van der Waals surface area contributed by atoms with Crippen LogP contribution in [-0.4, -0.2) is 36.3 Å². The Morgan fingerprint density at radius 2 is 1.85 bits per heavy atom. The fourth-order valence-corrected chi connectivity index (χ4v) is 2.71. The fourth-order valence-electron chi connectivity index (χ4n) is 1.87. The van der Waals surface area contributed by atoms with Gasteiger partial charge < -0.3 is 10.1 Å². The lowest BCUT2D eigenvalue weighted by Gasteiger charge is -2.13. The van der Waals surface area contributed by atoms with Gasteiger partial charge in [0.25, 0.3) is 17.7 Å². The van der Waals surface area contributed by atoms with Crippen LogP contribution in [0, 0.1) is 0 Å². The van der Waals surface area contributed by atoms with Crippen LogP contribution in [-0.2, 0) is 14.3 Å². The summed E-state index contributed by atoms with van der Waals surface area (Å²) in [6.07, 6.45) is 0. The van der Waals surface area contributed by atoms with Crippen LogP contribution in [0.15, 0.2) is 41.8 Å². The summed E-state index contributed by atoms with van der Waals surface area (Å²) in [5.74, 6) is -2.69. The summed E-state index contributed by atoms with van der Waals surface area (Å²) in [5, 5.41) is 6.47. The minimum Gasteiger partial charge on any atom is -0.454 e. The largest absolute Gasteiger partial charge is 0.454 e. The zero-order valence-corrected chi connectivity index (χ0v) is 15.2. The Labute approximate surface area is 158 Å². The van der Waals surface area contributed by atoms with Gasteiger partial charge in [0.15, 0.2) is 6.61 Å². The molecule has 0 unspecified atom stereocenters. The lowest BCUT2D eigenvalue weighted by Crippen LogP contribution is -2.41. The van der Waals surface area contributed by atoms with Crippen molar-refractivity contribution in [3.8, 4) is 0 Å². The molecule has 1 aromatic carbocycles. The predicted octanol–water partition coefficient (Wildman–Crippen LogP) is 2.02. The Kier molecular flexibility index (Phi) is 6.88. The number of ether oxygens (including phenoxy) is 1. The van der Waals surface area contributed by atoms with Crippen molar-refractivity contribution in [3.05, 3.63) is 57.2 Å². The Morgan fingerprint density at radius 3 is 2.50 bits per heavy atom. The molecular formula is C17H15ClN2O5S. The second-order valence-electron chi connectivity index (χ2n) is 5.14. The predicted molar refractivity (Wildman–Crippen MR) is 96.1 cm³/mol.